The Hall–Kier alpha value is -2.67. The number of amides is 1. The Balaban J connectivity index is 1.85. The van der Waals surface area contributed by atoms with Crippen LogP contribution in [0, 0.1) is 0 Å². The molecule has 0 radical (unpaired) electrons. The average Bonchev–Trinajstić information content (AvgIpc) is 3.13. The number of fused-ring (bicyclic) bond motifs is 1. The van der Waals surface area contributed by atoms with Crippen molar-refractivity contribution in [3.8, 4) is 0 Å². The number of rotatable bonds is 4. The van der Waals surface area contributed by atoms with Crippen molar-refractivity contribution in [3.63, 3.8) is 0 Å². The molecule has 0 fully saturated rings. The highest BCUT2D eigenvalue weighted by atomic mass is 32.1. The standard InChI is InChI=1S/C18H19N3O3S/c1-18(2,3)16-15(25-10-19-16)17(24)20-12-4-5-13-11(8-12)6-7-21(13)9-14(22)23/h4-8,10H,9H2,1-3H3,(H,20,24)(H,22,23). The van der Waals surface area contributed by atoms with Crippen LogP contribution in [0.2, 0.25) is 0 Å². The Labute approximate surface area is 149 Å². The third-order valence-corrected chi connectivity index (χ3v) is 4.64. The molecule has 2 heterocycles. The summed E-state index contributed by atoms with van der Waals surface area (Å²) in [5, 5.41) is 12.7. The van der Waals surface area contributed by atoms with E-state index in [1.807, 2.05) is 39.0 Å². The molecular weight excluding hydrogens is 338 g/mol. The first-order chi connectivity index (χ1) is 11.8. The van der Waals surface area contributed by atoms with Gasteiger partial charge in [0.1, 0.15) is 11.4 Å². The van der Waals surface area contributed by atoms with Crippen molar-refractivity contribution in [2.45, 2.75) is 32.7 Å². The summed E-state index contributed by atoms with van der Waals surface area (Å²) in [6.45, 7) is 5.98. The number of aliphatic carboxylic acids is 1. The van der Waals surface area contributed by atoms with Crippen molar-refractivity contribution >= 4 is 39.8 Å². The highest BCUT2D eigenvalue weighted by molar-refractivity contribution is 7.12. The number of benzene rings is 1. The summed E-state index contributed by atoms with van der Waals surface area (Å²) in [6, 6.07) is 7.26. The van der Waals surface area contributed by atoms with Gasteiger partial charge in [0.15, 0.2) is 0 Å². The van der Waals surface area contributed by atoms with Crippen LogP contribution in [-0.2, 0) is 16.8 Å². The van der Waals surface area contributed by atoms with Crippen LogP contribution in [0.25, 0.3) is 10.9 Å². The minimum Gasteiger partial charge on any atom is -0.480 e. The number of nitrogens with one attached hydrogen (secondary N) is 1. The summed E-state index contributed by atoms with van der Waals surface area (Å²) in [7, 11) is 0. The lowest BCUT2D eigenvalue weighted by Gasteiger charge is -2.17. The Kier molecular flexibility index (Phi) is 4.34. The van der Waals surface area contributed by atoms with Crippen LogP contribution >= 0.6 is 11.3 Å². The highest BCUT2D eigenvalue weighted by Gasteiger charge is 2.25. The molecular formula is C18H19N3O3S. The van der Waals surface area contributed by atoms with Gasteiger partial charge in [-0.3, -0.25) is 9.59 Å². The Bertz CT molecular complexity index is 950. The minimum absolute atomic E-state index is 0.0922. The lowest BCUT2D eigenvalue weighted by molar-refractivity contribution is -0.137. The van der Waals surface area contributed by atoms with Gasteiger partial charge in [0.25, 0.3) is 5.91 Å². The molecule has 2 aromatic heterocycles. The number of carbonyl (C=O) groups excluding carboxylic acids is 1. The van der Waals surface area contributed by atoms with E-state index in [4.69, 9.17) is 5.11 Å². The van der Waals surface area contributed by atoms with Gasteiger partial charge in [-0.1, -0.05) is 20.8 Å². The maximum absolute atomic E-state index is 12.6. The second-order valence-corrected chi connectivity index (χ2v) is 7.70. The lowest BCUT2D eigenvalue weighted by Crippen LogP contribution is -2.19. The fourth-order valence-corrected chi connectivity index (χ4v) is 3.58. The number of thiazole rings is 1. The van der Waals surface area contributed by atoms with Crippen molar-refractivity contribution in [1.29, 1.82) is 0 Å². The zero-order valence-corrected chi connectivity index (χ0v) is 15.1. The van der Waals surface area contributed by atoms with E-state index >= 15 is 0 Å². The van der Waals surface area contributed by atoms with Crippen LogP contribution in [0.4, 0.5) is 5.69 Å². The van der Waals surface area contributed by atoms with Crippen LogP contribution in [0.5, 0.6) is 0 Å². The van der Waals surface area contributed by atoms with Gasteiger partial charge >= 0.3 is 5.97 Å². The Morgan fingerprint density at radius 1 is 1.28 bits per heavy atom. The van der Waals surface area contributed by atoms with Crippen molar-refractivity contribution < 1.29 is 14.7 Å². The molecule has 1 amide bonds. The molecule has 3 rings (SSSR count). The molecule has 0 unspecified atom stereocenters. The molecule has 0 atom stereocenters. The second-order valence-electron chi connectivity index (χ2n) is 6.85. The fourth-order valence-electron chi connectivity index (χ4n) is 2.69. The van der Waals surface area contributed by atoms with E-state index in [9.17, 15) is 9.59 Å². The van der Waals surface area contributed by atoms with Gasteiger partial charge in [0.2, 0.25) is 0 Å². The van der Waals surface area contributed by atoms with E-state index in [-0.39, 0.29) is 17.9 Å². The van der Waals surface area contributed by atoms with Gasteiger partial charge in [0, 0.05) is 28.2 Å². The number of hydrogen-bond acceptors (Lipinski definition) is 4. The quantitative estimate of drug-likeness (QED) is 0.745. The van der Waals surface area contributed by atoms with Crippen molar-refractivity contribution in [2.24, 2.45) is 0 Å². The maximum atomic E-state index is 12.6. The van der Waals surface area contributed by atoms with Gasteiger partial charge < -0.3 is 15.0 Å². The van der Waals surface area contributed by atoms with E-state index < -0.39 is 5.97 Å². The molecule has 7 heteroatoms. The SMILES string of the molecule is CC(C)(C)c1ncsc1C(=O)Nc1ccc2c(ccn2CC(=O)O)c1. The number of carboxylic acids is 1. The smallest absolute Gasteiger partial charge is 0.323 e. The summed E-state index contributed by atoms with van der Waals surface area (Å²) in [5.41, 5.74) is 3.74. The lowest BCUT2D eigenvalue weighted by atomic mass is 9.91. The fraction of sp³-hybridized carbons (Fsp3) is 0.278. The molecule has 1 aromatic carbocycles. The number of aromatic nitrogens is 2. The molecule has 25 heavy (non-hydrogen) atoms. The molecule has 0 aliphatic rings. The molecule has 130 valence electrons. The summed E-state index contributed by atoms with van der Waals surface area (Å²) in [5.74, 6) is -1.08. The zero-order chi connectivity index (χ0) is 18.2. The summed E-state index contributed by atoms with van der Waals surface area (Å²) in [4.78, 5) is 28.4. The minimum atomic E-state index is -0.894. The zero-order valence-electron chi connectivity index (χ0n) is 14.2. The molecule has 3 aromatic rings. The summed E-state index contributed by atoms with van der Waals surface area (Å²) < 4.78 is 1.66. The van der Waals surface area contributed by atoms with Crippen LogP contribution in [0.3, 0.4) is 0 Å². The van der Waals surface area contributed by atoms with Gasteiger partial charge in [-0.25, -0.2) is 4.98 Å². The van der Waals surface area contributed by atoms with E-state index in [0.717, 1.165) is 16.6 Å². The van der Waals surface area contributed by atoms with Gasteiger partial charge in [-0.05, 0) is 24.3 Å². The van der Waals surface area contributed by atoms with Gasteiger partial charge in [-0.2, -0.15) is 0 Å². The largest absolute Gasteiger partial charge is 0.480 e. The van der Waals surface area contributed by atoms with E-state index in [1.54, 1.807) is 22.3 Å². The topological polar surface area (TPSA) is 84.2 Å². The monoisotopic (exact) mass is 357 g/mol. The first-order valence-electron chi connectivity index (χ1n) is 7.82. The van der Waals surface area contributed by atoms with Crippen molar-refractivity contribution in [3.05, 3.63) is 46.5 Å². The normalized spacial score (nSPS) is 11.6. The highest BCUT2D eigenvalue weighted by Crippen LogP contribution is 2.28. The summed E-state index contributed by atoms with van der Waals surface area (Å²) >= 11 is 1.33. The molecule has 0 bridgehead atoms. The van der Waals surface area contributed by atoms with E-state index in [2.05, 4.69) is 10.3 Å². The molecule has 0 aliphatic carbocycles. The van der Waals surface area contributed by atoms with Crippen molar-refractivity contribution in [2.75, 3.05) is 5.32 Å². The van der Waals surface area contributed by atoms with E-state index in [0.29, 0.717) is 10.6 Å². The number of nitrogens with zero attached hydrogens (tertiary/aromatic N) is 2. The number of carboxylic acid groups (broad SMARTS) is 1. The summed E-state index contributed by atoms with van der Waals surface area (Å²) in [6.07, 6.45) is 1.73. The van der Waals surface area contributed by atoms with Crippen molar-refractivity contribution in [1.82, 2.24) is 9.55 Å². The molecule has 0 saturated heterocycles. The second kappa shape index (κ2) is 6.33. The third kappa shape index (κ3) is 3.56. The predicted molar refractivity (Wildman–Crippen MR) is 98.3 cm³/mol. The average molecular weight is 357 g/mol. The Morgan fingerprint density at radius 3 is 2.72 bits per heavy atom. The molecule has 0 aliphatic heterocycles. The van der Waals surface area contributed by atoms with Crippen LogP contribution in [0.1, 0.15) is 36.1 Å². The maximum Gasteiger partial charge on any atom is 0.323 e. The van der Waals surface area contributed by atoms with Crippen LogP contribution in [0.15, 0.2) is 36.0 Å². The Morgan fingerprint density at radius 2 is 2.04 bits per heavy atom. The number of carbonyl (C=O) groups is 2. The predicted octanol–water partition coefficient (Wildman–Crippen LogP) is 3.73. The van der Waals surface area contributed by atoms with E-state index in [1.165, 1.54) is 11.3 Å². The first kappa shape index (κ1) is 17.2. The van der Waals surface area contributed by atoms with Crippen LogP contribution in [-0.4, -0.2) is 26.5 Å². The van der Waals surface area contributed by atoms with Gasteiger partial charge in [-0.15, -0.1) is 11.3 Å². The molecule has 6 nitrogen and oxygen atoms in total. The number of hydrogen-bond donors (Lipinski definition) is 2. The first-order valence-corrected chi connectivity index (χ1v) is 8.69. The third-order valence-electron chi connectivity index (χ3n) is 3.82. The van der Waals surface area contributed by atoms with Gasteiger partial charge in [0.05, 0.1) is 11.2 Å². The molecule has 2 N–H and O–H groups in total. The van der Waals surface area contributed by atoms with Crippen LogP contribution < -0.4 is 5.32 Å². The number of anilines is 1. The molecule has 0 saturated carbocycles. The molecule has 0 spiro atoms.